The van der Waals surface area contributed by atoms with Gasteiger partial charge in [0.2, 0.25) is 11.9 Å². The molecule has 0 atom stereocenters. The molecule has 1 N–H and O–H groups in total. The number of aryl methyl sites for hydroxylation is 2. The molecule has 0 saturated heterocycles. The van der Waals surface area contributed by atoms with E-state index in [1.165, 1.54) is 3.97 Å². The van der Waals surface area contributed by atoms with E-state index >= 15 is 0 Å². The molecule has 3 aromatic carbocycles. The van der Waals surface area contributed by atoms with Gasteiger partial charge in [0.1, 0.15) is 0 Å². The van der Waals surface area contributed by atoms with Crippen molar-refractivity contribution < 1.29 is 13.2 Å². The van der Waals surface area contributed by atoms with Gasteiger partial charge in [-0.05, 0) is 66.4 Å². The summed E-state index contributed by atoms with van der Waals surface area (Å²) in [6, 6.07) is 18.7. The van der Waals surface area contributed by atoms with E-state index in [1.54, 1.807) is 25.4 Å². The van der Waals surface area contributed by atoms with Gasteiger partial charge in [-0.2, -0.15) is 0 Å². The lowest BCUT2D eigenvalue weighted by molar-refractivity contribution is -0.123. The predicted molar refractivity (Wildman–Crippen MR) is 147 cm³/mol. The number of benzene rings is 3. The van der Waals surface area contributed by atoms with Crippen molar-refractivity contribution in [1.82, 2.24) is 13.9 Å². The summed E-state index contributed by atoms with van der Waals surface area (Å²) in [4.78, 5) is 21.4. The van der Waals surface area contributed by atoms with Gasteiger partial charge in [-0.15, -0.1) is 0 Å². The summed E-state index contributed by atoms with van der Waals surface area (Å²) in [7, 11) is -3.77. The van der Waals surface area contributed by atoms with Crippen LogP contribution >= 0.6 is 0 Å². The van der Waals surface area contributed by atoms with Crippen LogP contribution in [0.15, 0.2) is 78.0 Å². The number of carbonyl (C=O) groups is 1. The van der Waals surface area contributed by atoms with E-state index in [9.17, 15) is 13.2 Å². The highest BCUT2D eigenvalue weighted by atomic mass is 32.2. The smallest absolute Gasteiger partial charge is 0.268 e. The van der Waals surface area contributed by atoms with Crippen LogP contribution < -0.4 is 5.32 Å². The van der Waals surface area contributed by atoms with Crippen molar-refractivity contribution in [3.05, 3.63) is 84.2 Å². The molecule has 8 heteroatoms. The Morgan fingerprint density at radius 3 is 2.51 bits per heavy atom. The van der Waals surface area contributed by atoms with Gasteiger partial charge < -0.3 is 0 Å². The van der Waals surface area contributed by atoms with E-state index < -0.39 is 15.4 Å². The number of rotatable bonds is 4. The molecule has 5 rings (SSSR count). The van der Waals surface area contributed by atoms with Crippen molar-refractivity contribution >= 4 is 43.7 Å². The van der Waals surface area contributed by atoms with E-state index in [1.807, 2.05) is 82.3 Å². The first-order chi connectivity index (χ1) is 17.4. The Labute approximate surface area is 216 Å². The highest BCUT2D eigenvalue weighted by Crippen LogP contribution is 2.33. The number of amides is 1. The molecule has 0 bridgehead atoms. The van der Waals surface area contributed by atoms with Crippen LogP contribution in [0.4, 0.5) is 5.95 Å². The van der Waals surface area contributed by atoms with Gasteiger partial charge in [-0.3, -0.25) is 10.1 Å². The van der Waals surface area contributed by atoms with Crippen LogP contribution in [0.2, 0.25) is 0 Å². The van der Waals surface area contributed by atoms with E-state index in [-0.39, 0.29) is 11.9 Å². The van der Waals surface area contributed by atoms with Gasteiger partial charge in [-0.25, -0.2) is 22.4 Å². The molecule has 7 nitrogen and oxygen atoms in total. The van der Waals surface area contributed by atoms with Gasteiger partial charge in [0.15, 0.2) is 0 Å². The highest BCUT2D eigenvalue weighted by molar-refractivity contribution is 7.90. The fraction of sp³-hybridized carbons (Fsp3) is 0.207. The molecule has 1 amide bonds. The molecule has 0 radical (unpaired) electrons. The Morgan fingerprint density at radius 1 is 0.973 bits per heavy atom. The van der Waals surface area contributed by atoms with E-state index in [0.717, 1.165) is 27.5 Å². The fourth-order valence-electron chi connectivity index (χ4n) is 4.25. The third-order valence-electron chi connectivity index (χ3n) is 6.37. The molecule has 0 fully saturated rings. The van der Waals surface area contributed by atoms with Gasteiger partial charge in [0.05, 0.1) is 15.9 Å². The molecule has 0 aliphatic carbocycles. The van der Waals surface area contributed by atoms with Crippen molar-refractivity contribution in [2.75, 3.05) is 5.32 Å². The summed E-state index contributed by atoms with van der Waals surface area (Å²) in [5, 5.41) is 4.40. The molecule has 2 heterocycles. The number of hydrogen-bond donors (Lipinski definition) is 1. The molecule has 0 aliphatic heterocycles. The molecular formula is C29H28N4O3S. The van der Waals surface area contributed by atoms with Crippen LogP contribution in [0.25, 0.3) is 32.9 Å². The quantitative estimate of drug-likeness (QED) is 0.314. The van der Waals surface area contributed by atoms with Crippen LogP contribution in [0.1, 0.15) is 31.9 Å². The number of nitrogens with zero attached hydrogens (tertiary/aromatic N) is 3. The first-order valence-corrected chi connectivity index (χ1v) is 13.4. The van der Waals surface area contributed by atoms with Gasteiger partial charge >= 0.3 is 0 Å². The molecule has 0 unspecified atom stereocenters. The zero-order valence-electron chi connectivity index (χ0n) is 21.4. The molecule has 37 heavy (non-hydrogen) atoms. The molecule has 0 spiro atoms. The fourth-order valence-corrected chi connectivity index (χ4v) is 5.91. The zero-order chi connectivity index (χ0) is 26.5. The van der Waals surface area contributed by atoms with Gasteiger partial charge in [0, 0.05) is 28.6 Å². The van der Waals surface area contributed by atoms with Crippen molar-refractivity contribution in [3.63, 3.8) is 0 Å². The minimum Gasteiger partial charge on any atom is -0.294 e. The SMILES string of the molecule is Cc1ccc(C)c(S(=O)(=O)n2ccc3c(-c4ccc5nc(NC(=O)C(C)(C)C)ncc5c4)cccc32)c1. The second kappa shape index (κ2) is 8.81. The maximum Gasteiger partial charge on any atom is 0.268 e. The topological polar surface area (TPSA) is 94.0 Å². The van der Waals surface area contributed by atoms with Crippen molar-refractivity contribution in [3.8, 4) is 11.1 Å². The third-order valence-corrected chi connectivity index (χ3v) is 8.21. The van der Waals surface area contributed by atoms with Crippen molar-refractivity contribution in [2.45, 2.75) is 39.5 Å². The Bertz CT molecular complexity index is 1800. The summed E-state index contributed by atoms with van der Waals surface area (Å²) in [5.74, 6) is 0.103. The van der Waals surface area contributed by atoms with Crippen LogP contribution in [-0.4, -0.2) is 28.3 Å². The zero-order valence-corrected chi connectivity index (χ0v) is 22.2. The average molecular weight is 513 g/mol. The van der Waals surface area contributed by atoms with E-state index in [2.05, 4.69) is 15.3 Å². The minimum absolute atomic E-state index is 0.157. The van der Waals surface area contributed by atoms with Gasteiger partial charge in [0.25, 0.3) is 10.0 Å². The van der Waals surface area contributed by atoms with E-state index in [0.29, 0.717) is 21.5 Å². The Morgan fingerprint density at radius 2 is 1.76 bits per heavy atom. The average Bonchev–Trinajstić information content (AvgIpc) is 3.30. The lowest BCUT2D eigenvalue weighted by Gasteiger charge is -2.16. The summed E-state index contributed by atoms with van der Waals surface area (Å²) in [6.45, 7) is 9.18. The normalized spacial score (nSPS) is 12.2. The standard InChI is InChI=1S/C29H28N4O3S/c1-18-9-10-19(2)26(15-18)37(35,36)33-14-13-23-22(7-6-8-25(23)33)20-11-12-24-21(16-20)17-30-28(31-24)32-27(34)29(3,4)5/h6-17H,1-5H3,(H,30,31,32,34). The molecule has 5 aromatic rings. The van der Waals surface area contributed by atoms with Gasteiger partial charge in [-0.1, -0.05) is 51.1 Å². The first kappa shape index (κ1) is 24.6. The summed E-state index contributed by atoms with van der Waals surface area (Å²) in [5.41, 5.74) is 4.16. The molecule has 0 aliphatic rings. The Balaban J connectivity index is 1.55. The molecular weight excluding hydrogens is 484 g/mol. The number of aromatic nitrogens is 3. The van der Waals surface area contributed by atoms with E-state index in [4.69, 9.17) is 0 Å². The third kappa shape index (κ3) is 4.49. The van der Waals surface area contributed by atoms with Crippen LogP contribution in [0.3, 0.4) is 0 Å². The molecule has 188 valence electrons. The number of fused-ring (bicyclic) bond motifs is 2. The van der Waals surface area contributed by atoms with Crippen molar-refractivity contribution in [1.29, 1.82) is 0 Å². The maximum absolute atomic E-state index is 13.6. The maximum atomic E-state index is 13.6. The highest BCUT2D eigenvalue weighted by Gasteiger charge is 2.23. The predicted octanol–water partition coefficient (Wildman–Crippen LogP) is 6.09. The Hall–Kier alpha value is -4.04. The van der Waals surface area contributed by atoms with Crippen LogP contribution in [0, 0.1) is 19.3 Å². The number of nitrogens with one attached hydrogen (secondary N) is 1. The Kier molecular flexibility index (Phi) is 5.87. The second-order valence-corrected chi connectivity index (χ2v) is 12.1. The van der Waals surface area contributed by atoms with Crippen molar-refractivity contribution in [2.24, 2.45) is 5.41 Å². The number of carbonyl (C=O) groups excluding carboxylic acids is 1. The summed E-state index contributed by atoms with van der Waals surface area (Å²) >= 11 is 0. The number of anilines is 1. The minimum atomic E-state index is -3.77. The number of hydrogen-bond acceptors (Lipinski definition) is 5. The monoisotopic (exact) mass is 512 g/mol. The first-order valence-electron chi connectivity index (χ1n) is 12.0. The lowest BCUT2D eigenvalue weighted by Crippen LogP contribution is -2.28. The van der Waals surface area contributed by atoms with Crippen LogP contribution in [0.5, 0.6) is 0 Å². The lowest BCUT2D eigenvalue weighted by atomic mass is 9.96. The van der Waals surface area contributed by atoms with Crippen LogP contribution in [-0.2, 0) is 14.8 Å². The second-order valence-electron chi connectivity index (χ2n) is 10.3. The molecule has 0 saturated carbocycles. The summed E-state index contributed by atoms with van der Waals surface area (Å²) < 4.78 is 28.5. The largest absolute Gasteiger partial charge is 0.294 e. The molecule has 2 aromatic heterocycles. The summed E-state index contributed by atoms with van der Waals surface area (Å²) in [6.07, 6.45) is 3.29.